The van der Waals surface area contributed by atoms with Crippen LogP contribution in [0.4, 0.5) is 10.1 Å². The first kappa shape index (κ1) is 23.3. The maximum atomic E-state index is 14.6. The second-order valence-electron chi connectivity index (χ2n) is 7.35. The first-order chi connectivity index (χ1) is 17.0. The van der Waals surface area contributed by atoms with Gasteiger partial charge >= 0.3 is 0 Å². The van der Waals surface area contributed by atoms with E-state index >= 15 is 0 Å². The number of anilines is 1. The number of hydrogen-bond acceptors (Lipinski definition) is 6. The summed E-state index contributed by atoms with van der Waals surface area (Å²) in [5.41, 5.74) is 1.65. The second-order valence-corrected chi connectivity index (χ2v) is 9.10. The molecule has 0 spiro atoms. The largest absolute Gasteiger partial charge is 0.420 e. The number of hydrogen-bond donors (Lipinski definition) is 0. The molecule has 35 heavy (non-hydrogen) atoms. The van der Waals surface area contributed by atoms with Crippen LogP contribution in [0.5, 0.6) is 0 Å². The molecule has 0 bridgehead atoms. The Hall–Kier alpha value is -3.46. The van der Waals surface area contributed by atoms with Gasteiger partial charge in [-0.2, -0.15) is 0 Å². The molecule has 0 atom stereocenters. The Kier molecular flexibility index (Phi) is 6.68. The summed E-state index contributed by atoms with van der Waals surface area (Å²) >= 11 is 13.3. The van der Waals surface area contributed by atoms with Crippen LogP contribution in [-0.4, -0.2) is 21.3 Å². The van der Waals surface area contributed by atoms with Crippen molar-refractivity contribution < 1.29 is 13.6 Å². The van der Waals surface area contributed by atoms with Crippen molar-refractivity contribution in [2.75, 3.05) is 4.90 Å². The Morgan fingerprint density at radius 2 is 1.74 bits per heavy atom. The van der Waals surface area contributed by atoms with Gasteiger partial charge < -0.3 is 4.42 Å². The van der Waals surface area contributed by atoms with E-state index in [1.807, 2.05) is 30.3 Å². The number of carbonyl (C=O) groups is 1. The summed E-state index contributed by atoms with van der Waals surface area (Å²) < 4.78 is 20.4. The number of amidine groups is 1. The predicted octanol–water partition coefficient (Wildman–Crippen LogP) is 6.86. The molecule has 0 unspecified atom stereocenters. The molecule has 1 amide bonds. The fourth-order valence-electron chi connectivity index (χ4n) is 3.33. The standard InChI is InChI=1S/C25H15Cl2FN4O2S/c26-17-11-10-15(12-18(17)27)13-20-24(33)32(21-9-5-4-8-19(21)28)25(29-20)35-14-22-30-31-23(34-22)16-6-2-1-3-7-16/h1-13H,14H2/b20-13+. The third-order valence-electron chi connectivity index (χ3n) is 4.98. The van der Waals surface area contributed by atoms with Gasteiger partial charge in [0.15, 0.2) is 5.17 Å². The van der Waals surface area contributed by atoms with Crippen molar-refractivity contribution in [2.24, 2.45) is 4.99 Å². The van der Waals surface area contributed by atoms with E-state index in [-0.39, 0.29) is 22.3 Å². The van der Waals surface area contributed by atoms with E-state index in [1.165, 1.54) is 28.8 Å². The quantitative estimate of drug-likeness (QED) is 0.266. The van der Waals surface area contributed by atoms with Gasteiger partial charge in [-0.3, -0.25) is 9.69 Å². The fourth-order valence-corrected chi connectivity index (χ4v) is 4.48. The normalized spacial score (nSPS) is 14.6. The summed E-state index contributed by atoms with van der Waals surface area (Å²) in [6.07, 6.45) is 1.58. The molecule has 4 aromatic rings. The van der Waals surface area contributed by atoms with E-state index in [1.54, 1.807) is 36.4 Å². The zero-order valence-corrected chi connectivity index (χ0v) is 20.2. The zero-order chi connectivity index (χ0) is 24.4. The van der Waals surface area contributed by atoms with E-state index in [9.17, 15) is 9.18 Å². The Morgan fingerprint density at radius 3 is 2.51 bits per heavy atom. The maximum Gasteiger partial charge on any atom is 0.283 e. The molecule has 0 radical (unpaired) electrons. The van der Waals surface area contributed by atoms with E-state index < -0.39 is 11.7 Å². The summed E-state index contributed by atoms with van der Waals surface area (Å²) in [5, 5.41) is 9.19. The monoisotopic (exact) mass is 524 g/mol. The molecule has 1 aliphatic heterocycles. The molecule has 0 saturated heterocycles. The summed E-state index contributed by atoms with van der Waals surface area (Å²) in [4.78, 5) is 19.0. The molecule has 5 rings (SSSR count). The van der Waals surface area contributed by atoms with Gasteiger partial charge in [0.25, 0.3) is 5.91 Å². The number of thioether (sulfide) groups is 1. The summed E-state index contributed by atoms with van der Waals surface area (Å²) in [7, 11) is 0. The number of rotatable bonds is 5. The molecular weight excluding hydrogens is 510 g/mol. The second kappa shape index (κ2) is 10.0. The molecule has 1 aliphatic rings. The van der Waals surface area contributed by atoms with Gasteiger partial charge in [-0.05, 0) is 48.0 Å². The van der Waals surface area contributed by atoms with Crippen molar-refractivity contribution in [3.63, 3.8) is 0 Å². The van der Waals surface area contributed by atoms with E-state index in [2.05, 4.69) is 15.2 Å². The highest BCUT2D eigenvalue weighted by Gasteiger charge is 2.34. The van der Waals surface area contributed by atoms with Crippen LogP contribution in [0, 0.1) is 5.82 Å². The number of aromatic nitrogens is 2. The molecule has 6 nitrogen and oxygen atoms in total. The van der Waals surface area contributed by atoms with E-state index in [4.69, 9.17) is 27.6 Å². The molecule has 0 aliphatic carbocycles. The lowest BCUT2D eigenvalue weighted by molar-refractivity contribution is -0.113. The smallest absolute Gasteiger partial charge is 0.283 e. The molecule has 0 fully saturated rings. The molecule has 0 N–H and O–H groups in total. The van der Waals surface area contributed by atoms with Gasteiger partial charge in [0.2, 0.25) is 11.8 Å². The van der Waals surface area contributed by atoms with Crippen molar-refractivity contribution >= 4 is 57.8 Å². The summed E-state index contributed by atoms with van der Waals surface area (Å²) in [5.74, 6) is -0.0544. The molecule has 1 aromatic heterocycles. The summed E-state index contributed by atoms with van der Waals surface area (Å²) in [6, 6.07) is 20.4. The van der Waals surface area contributed by atoms with Crippen molar-refractivity contribution in [2.45, 2.75) is 5.75 Å². The van der Waals surface area contributed by atoms with Crippen molar-refractivity contribution in [3.8, 4) is 11.5 Å². The fraction of sp³-hybridized carbons (Fsp3) is 0.0400. The molecule has 3 aromatic carbocycles. The third kappa shape index (κ3) is 5.00. The first-order valence-corrected chi connectivity index (χ1v) is 12.1. The maximum absolute atomic E-state index is 14.6. The van der Waals surface area contributed by atoms with Gasteiger partial charge in [0.05, 0.1) is 21.5 Å². The van der Waals surface area contributed by atoms with E-state index in [0.29, 0.717) is 27.4 Å². The SMILES string of the molecule is O=C1/C(=C\c2ccc(Cl)c(Cl)c2)N=C(SCc2nnc(-c3ccccc3)o2)N1c1ccccc1F. The van der Waals surface area contributed by atoms with Gasteiger partial charge in [-0.1, -0.05) is 71.4 Å². The average Bonchev–Trinajstić information content (AvgIpc) is 3.46. The number of amides is 1. The molecule has 10 heteroatoms. The van der Waals surface area contributed by atoms with Crippen LogP contribution in [0.25, 0.3) is 17.5 Å². The minimum atomic E-state index is -0.547. The van der Waals surface area contributed by atoms with Crippen LogP contribution in [0.1, 0.15) is 11.5 Å². The number of para-hydroxylation sites is 1. The number of nitrogens with zero attached hydrogens (tertiary/aromatic N) is 4. The van der Waals surface area contributed by atoms with Crippen LogP contribution in [0.2, 0.25) is 10.0 Å². The van der Waals surface area contributed by atoms with Gasteiger partial charge in [0.1, 0.15) is 11.5 Å². The summed E-state index contributed by atoms with van der Waals surface area (Å²) in [6.45, 7) is 0. The van der Waals surface area contributed by atoms with Crippen LogP contribution < -0.4 is 4.90 Å². The van der Waals surface area contributed by atoms with Crippen molar-refractivity contribution in [1.82, 2.24) is 10.2 Å². The lowest BCUT2D eigenvalue weighted by Crippen LogP contribution is -2.31. The number of carbonyl (C=O) groups excluding carboxylic acids is 1. The van der Waals surface area contributed by atoms with Gasteiger partial charge in [-0.25, -0.2) is 9.38 Å². The Morgan fingerprint density at radius 1 is 0.971 bits per heavy atom. The van der Waals surface area contributed by atoms with Gasteiger partial charge in [0, 0.05) is 5.56 Å². The van der Waals surface area contributed by atoms with Crippen molar-refractivity contribution in [1.29, 1.82) is 0 Å². The van der Waals surface area contributed by atoms with Crippen LogP contribution >= 0.6 is 35.0 Å². The average molecular weight is 525 g/mol. The number of benzene rings is 3. The van der Waals surface area contributed by atoms with E-state index in [0.717, 1.165) is 5.56 Å². The van der Waals surface area contributed by atoms with Crippen LogP contribution in [0.3, 0.4) is 0 Å². The zero-order valence-electron chi connectivity index (χ0n) is 17.9. The van der Waals surface area contributed by atoms with Crippen LogP contribution in [-0.2, 0) is 10.5 Å². The third-order valence-corrected chi connectivity index (χ3v) is 6.64. The minimum Gasteiger partial charge on any atom is -0.420 e. The topological polar surface area (TPSA) is 71.6 Å². The number of halogens is 3. The molecule has 174 valence electrons. The minimum absolute atomic E-state index is 0.0943. The number of aliphatic imine (C=N–C) groups is 1. The lowest BCUT2D eigenvalue weighted by atomic mass is 10.2. The molecule has 2 heterocycles. The Labute approximate surface area is 214 Å². The van der Waals surface area contributed by atoms with Crippen molar-refractivity contribution in [3.05, 3.63) is 106 Å². The predicted molar refractivity (Wildman–Crippen MR) is 137 cm³/mol. The molecular formula is C25H15Cl2FN4O2S. The lowest BCUT2D eigenvalue weighted by Gasteiger charge is -2.17. The van der Waals surface area contributed by atoms with Crippen LogP contribution in [0.15, 0.2) is 87.9 Å². The Bertz CT molecular complexity index is 1470. The highest BCUT2D eigenvalue weighted by Crippen LogP contribution is 2.33. The first-order valence-electron chi connectivity index (χ1n) is 10.3. The highest BCUT2D eigenvalue weighted by atomic mass is 35.5. The Balaban J connectivity index is 1.44. The highest BCUT2D eigenvalue weighted by molar-refractivity contribution is 8.13. The van der Waals surface area contributed by atoms with Gasteiger partial charge in [-0.15, -0.1) is 10.2 Å². The molecule has 0 saturated carbocycles.